The molecule has 0 heterocycles. The highest BCUT2D eigenvalue weighted by molar-refractivity contribution is 9.10. The summed E-state index contributed by atoms with van der Waals surface area (Å²) in [5, 5.41) is 3.57. The maximum atomic E-state index is 11.8. The Bertz CT molecular complexity index is 435. The summed E-state index contributed by atoms with van der Waals surface area (Å²) in [4.78, 5) is 11.8. The molecular formula is C13H18BrClN2O. The molecule has 0 saturated carbocycles. The van der Waals surface area contributed by atoms with Gasteiger partial charge in [0, 0.05) is 28.0 Å². The topological polar surface area (TPSA) is 55.1 Å². The first kappa shape index (κ1) is 15.5. The Balaban J connectivity index is 2.55. The van der Waals surface area contributed by atoms with Crippen molar-refractivity contribution >= 4 is 33.4 Å². The fourth-order valence-electron chi connectivity index (χ4n) is 1.47. The van der Waals surface area contributed by atoms with Crippen LogP contribution in [0, 0.1) is 0 Å². The van der Waals surface area contributed by atoms with Crippen molar-refractivity contribution in [1.29, 1.82) is 0 Å². The lowest BCUT2D eigenvalue weighted by molar-refractivity contribution is -0.122. The van der Waals surface area contributed by atoms with Gasteiger partial charge in [0.15, 0.2) is 0 Å². The average molecular weight is 334 g/mol. The molecule has 3 N–H and O–H groups in total. The van der Waals surface area contributed by atoms with Gasteiger partial charge in [-0.1, -0.05) is 27.5 Å². The Labute approximate surface area is 121 Å². The fraction of sp³-hybridized carbons (Fsp3) is 0.462. The van der Waals surface area contributed by atoms with Gasteiger partial charge in [-0.3, -0.25) is 4.79 Å². The molecule has 0 atom stereocenters. The van der Waals surface area contributed by atoms with Crippen LogP contribution in [0.3, 0.4) is 0 Å². The lowest BCUT2D eigenvalue weighted by Crippen LogP contribution is -2.48. The van der Waals surface area contributed by atoms with Crippen LogP contribution in [0.4, 0.5) is 0 Å². The van der Waals surface area contributed by atoms with Crippen LogP contribution in [-0.4, -0.2) is 18.0 Å². The predicted molar refractivity (Wildman–Crippen MR) is 78.7 cm³/mol. The highest BCUT2D eigenvalue weighted by Crippen LogP contribution is 2.22. The van der Waals surface area contributed by atoms with Gasteiger partial charge in [0.25, 0.3) is 0 Å². The molecule has 0 aliphatic carbocycles. The third-order valence-corrected chi connectivity index (χ3v) is 3.63. The molecule has 3 nitrogen and oxygen atoms in total. The van der Waals surface area contributed by atoms with Gasteiger partial charge in [0.05, 0.1) is 0 Å². The summed E-state index contributed by atoms with van der Waals surface area (Å²) in [7, 11) is 0. The third-order valence-electron chi connectivity index (χ3n) is 2.62. The Morgan fingerprint density at radius 2 is 2.17 bits per heavy atom. The molecule has 1 amide bonds. The van der Waals surface area contributed by atoms with Crippen molar-refractivity contribution in [3.8, 4) is 0 Å². The van der Waals surface area contributed by atoms with Crippen molar-refractivity contribution in [3.05, 3.63) is 33.3 Å². The molecule has 1 aromatic rings. The maximum Gasteiger partial charge on any atom is 0.220 e. The lowest BCUT2D eigenvalue weighted by atomic mass is 10.0. The molecule has 0 unspecified atom stereocenters. The van der Waals surface area contributed by atoms with Crippen LogP contribution in [-0.2, 0) is 11.2 Å². The average Bonchev–Trinajstić information content (AvgIpc) is 2.30. The molecule has 0 bridgehead atoms. The fourth-order valence-corrected chi connectivity index (χ4v) is 2.11. The quantitative estimate of drug-likeness (QED) is 0.870. The van der Waals surface area contributed by atoms with Crippen molar-refractivity contribution in [2.45, 2.75) is 32.2 Å². The maximum absolute atomic E-state index is 11.8. The van der Waals surface area contributed by atoms with Gasteiger partial charge in [-0.05, 0) is 44.0 Å². The van der Waals surface area contributed by atoms with E-state index in [0.29, 0.717) is 24.4 Å². The Hall–Kier alpha value is -0.580. The molecular weight excluding hydrogens is 316 g/mol. The lowest BCUT2D eigenvalue weighted by Gasteiger charge is -2.24. The third kappa shape index (κ3) is 4.96. The predicted octanol–water partition coefficient (Wildman–Crippen LogP) is 2.89. The van der Waals surface area contributed by atoms with Crippen molar-refractivity contribution in [3.63, 3.8) is 0 Å². The van der Waals surface area contributed by atoms with Gasteiger partial charge >= 0.3 is 0 Å². The first-order valence-corrected chi connectivity index (χ1v) is 6.96. The van der Waals surface area contributed by atoms with Crippen LogP contribution in [0.2, 0.25) is 5.02 Å². The molecule has 0 fully saturated rings. The van der Waals surface area contributed by atoms with Crippen molar-refractivity contribution in [1.82, 2.24) is 5.32 Å². The van der Waals surface area contributed by atoms with E-state index in [9.17, 15) is 4.79 Å². The first-order chi connectivity index (χ1) is 8.34. The number of hydrogen-bond donors (Lipinski definition) is 2. The standard InChI is InChI=1S/C13H18BrClN2O/c1-13(2,8-16)17-12(18)6-3-9-7-10(15)4-5-11(9)14/h4-5,7H,3,6,8,16H2,1-2H3,(H,17,18). The van der Waals surface area contributed by atoms with Gasteiger partial charge < -0.3 is 11.1 Å². The first-order valence-electron chi connectivity index (χ1n) is 5.79. The van der Waals surface area contributed by atoms with Gasteiger partial charge in [0.1, 0.15) is 0 Å². The van der Waals surface area contributed by atoms with Crippen molar-refractivity contribution in [2.24, 2.45) is 5.73 Å². The molecule has 1 aromatic carbocycles. The second-order valence-corrected chi connectivity index (χ2v) is 6.16. The Kier molecular flexibility index (Phi) is 5.63. The molecule has 0 spiro atoms. The molecule has 0 radical (unpaired) electrons. The molecule has 0 aromatic heterocycles. The number of hydrogen-bond acceptors (Lipinski definition) is 2. The summed E-state index contributed by atoms with van der Waals surface area (Å²) in [6, 6.07) is 5.57. The van der Waals surface area contributed by atoms with Crippen LogP contribution in [0.5, 0.6) is 0 Å². The number of nitrogens with one attached hydrogen (secondary N) is 1. The molecule has 18 heavy (non-hydrogen) atoms. The zero-order chi connectivity index (χ0) is 13.8. The van der Waals surface area contributed by atoms with Crippen molar-refractivity contribution < 1.29 is 4.79 Å². The number of rotatable bonds is 5. The van der Waals surface area contributed by atoms with E-state index in [-0.39, 0.29) is 11.4 Å². The van der Waals surface area contributed by atoms with E-state index >= 15 is 0 Å². The molecule has 100 valence electrons. The highest BCUT2D eigenvalue weighted by atomic mass is 79.9. The normalized spacial score (nSPS) is 11.4. The number of amides is 1. The zero-order valence-electron chi connectivity index (χ0n) is 10.6. The van der Waals surface area contributed by atoms with Crippen LogP contribution in [0.1, 0.15) is 25.8 Å². The van der Waals surface area contributed by atoms with Crippen molar-refractivity contribution in [2.75, 3.05) is 6.54 Å². The smallest absolute Gasteiger partial charge is 0.220 e. The minimum Gasteiger partial charge on any atom is -0.350 e. The summed E-state index contributed by atoms with van der Waals surface area (Å²) in [5.74, 6) is -0.00248. The second-order valence-electron chi connectivity index (χ2n) is 4.87. The minimum absolute atomic E-state index is 0.00248. The Morgan fingerprint density at radius 1 is 1.50 bits per heavy atom. The molecule has 0 aliphatic heterocycles. The monoisotopic (exact) mass is 332 g/mol. The number of nitrogens with two attached hydrogens (primary N) is 1. The molecule has 5 heteroatoms. The van der Waals surface area contributed by atoms with Crippen LogP contribution < -0.4 is 11.1 Å². The SMILES string of the molecule is CC(C)(CN)NC(=O)CCc1cc(Cl)ccc1Br. The second kappa shape index (κ2) is 6.55. The van der Waals surface area contributed by atoms with Crippen LogP contribution in [0.15, 0.2) is 22.7 Å². The summed E-state index contributed by atoms with van der Waals surface area (Å²) < 4.78 is 0.970. The van der Waals surface area contributed by atoms with E-state index in [1.807, 2.05) is 32.0 Å². The highest BCUT2D eigenvalue weighted by Gasteiger charge is 2.18. The number of halogens is 2. The van der Waals surface area contributed by atoms with E-state index in [4.69, 9.17) is 17.3 Å². The van der Waals surface area contributed by atoms with Gasteiger partial charge in [-0.25, -0.2) is 0 Å². The van der Waals surface area contributed by atoms with E-state index in [1.165, 1.54) is 0 Å². The minimum atomic E-state index is -0.358. The number of carbonyl (C=O) groups is 1. The largest absolute Gasteiger partial charge is 0.350 e. The summed E-state index contributed by atoms with van der Waals surface area (Å²) in [6.07, 6.45) is 1.07. The summed E-state index contributed by atoms with van der Waals surface area (Å²) >= 11 is 9.37. The van der Waals surface area contributed by atoms with E-state index in [1.54, 1.807) is 0 Å². The summed E-state index contributed by atoms with van der Waals surface area (Å²) in [5.41, 5.74) is 6.24. The number of aryl methyl sites for hydroxylation is 1. The van der Waals surface area contributed by atoms with Gasteiger partial charge in [-0.2, -0.15) is 0 Å². The number of carbonyl (C=O) groups excluding carboxylic acids is 1. The Morgan fingerprint density at radius 3 is 2.78 bits per heavy atom. The van der Waals surface area contributed by atoms with E-state index < -0.39 is 0 Å². The van der Waals surface area contributed by atoms with E-state index in [2.05, 4.69) is 21.2 Å². The van der Waals surface area contributed by atoms with E-state index in [0.717, 1.165) is 10.0 Å². The van der Waals surface area contributed by atoms with Gasteiger partial charge in [0.2, 0.25) is 5.91 Å². The molecule has 0 aliphatic rings. The molecule has 0 saturated heterocycles. The number of benzene rings is 1. The van der Waals surface area contributed by atoms with Crippen LogP contribution >= 0.6 is 27.5 Å². The summed E-state index contributed by atoms with van der Waals surface area (Å²) in [6.45, 7) is 4.22. The van der Waals surface area contributed by atoms with Crippen LogP contribution in [0.25, 0.3) is 0 Å². The zero-order valence-corrected chi connectivity index (χ0v) is 12.9. The van der Waals surface area contributed by atoms with Gasteiger partial charge in [-0.15, -0.1) is 0 Å². The molecule has 1 rings (SSSR count).